The maximum atomic E-state index is 8.93. The van der Waals surface area contributed by atoms with E-state index in [-0.39, 0.29) is 5.41 Å². The zero-order valence-corrected chi connectivity index (χ0v) is 12.6. The van der Waals surface area contributed by atoms with Crippen LogP contribution >= 0.6 is 11.3 Å². The van der Waals surface area contributed by atoms with Gasteiger partial charge in [-0.25, -0.2) is 0 Å². The fourth-order valence-electron chi connectivity index (χ4n) is 1.87. The SMILES string of the molecule is CN(CCCCC(C)(C)C#N)CCc1cccs1. The highest BCUT2D eigenvalue weighted by molar-refractivity contribution is 7.09. The summed E-state index contributed by atoms with van der Waals surface area (Å²) in [6.07, 6.45) is 4.48. The van der Waals surface area contributed by atoms with Crippen molar-refractivity contribution in [3.05, 3.63) is 22.4 Å². The van der Waals surface area contributed by atoms with E-state index in [0.29, 0.717) is 0 Å². The first-order chi connectivity index (χ1) is 8.53. The van der Waals surface area contributed by atoms with Gasteiger partial charge in [0.25, 0.3) is 0 Å². The average molecular weight is 264 g/mol. The van der Waals surface area contributed by atoms with E-state index in [1.807, 2.05) is 25.2 Å². The quantitative estimate of drug-likeness (QED) is 0.665. The summed E-state index contributed by atoms with van der Waals surface area (Å²) in [7, 11) is 2.18. The summed E-state index contributed by atoms with van der Waals surface area (Å²) < 4.78 is 0. The molecule has 1 heterocycles. The first-order valence-electron chi connectivity index (χ1n) is 6.66. The third-order valence-corrected chi connectivity index (χ3v) is 4.15. The minimum atomic E-state index is -0.157. The average Bonchev–Trinajstić information content (AvgIpc) is 2.85. The van der Waals surface area contributed by atoms with Crippen LogP contribution in [0.1, 0.15) is 38.0 Å². The molecule has 0 spiro atoms. The molecule has 0 aliphatic heterocycles. The van der Waals surface area contributed by atoms with E-state index in [1.165, 1.54) is 11.3 Å². The van der Waals surface area contributed by atoms with Gasteiger partial charge in [0.05, 0.1) is 11.5 Å². The lowest BCUT2D eigenvalue weighted by Crippen LogP contribution is -2.22. The van der Waals surface area contributed by atoms with Gasteiger partial charge < -0.3 is 4.90 Å². The standard InChI is InChI=1S/C15H24N2S/c1-15(2,13-16)9-4-5-10-17(3)11-8-14-7-6-12-18-14/h6-7,12H,4-5,8-11H2,1-3H3. The monoisotopic (exact) mass is 264 g/mol. The molecule has 1 rings (SSSR count). The molecule has 0 atom stereocenters. The van der Waals surface area contributed by atoms with Crippen LogP contribution in [0.4, 0.5) is 0 Å². The topological polar surface area (TPSA) is 27.0 Å². The van der Waals surface area contributed by atoms with Crippen molar-refractivity contribution in [3.63, 3.8) is 0 Å². The van der Waals surface area contributed by atoms with Crippen molar-refractivity contribution in [2.75, 3.05) is 20.1 Å². The summed E-state index contributed by atoms with van der Waals surface area (Å²) in [6.45, 7) is 6.30. The van der Waals surface area contributed by atoms with Gasteiger partial charge in [-0.15, -0.1) is 11.3 Å². The molecule has 0 saturated heterocycles. The second-order valence-corrected chi connectivity index (χ2v) is 6.62. The number of likely N-dealkylation sites (N-methyl/N-ethyl adjacent to an activating group) is 1. The van der Waals surface area contributed by atoms with Crippen LogP contribution in [0.15, 0.2) is 17.5 Å². The molecule has 0 aliphatic rings. The van der Waals surface area contributed by atoms with Crippen LogP contribution in [-0.2, 0) is 6.42 Å². The number of thiophene rings is 1. The van der Waals surface area contributed by atoms with Gasteiger partial charge in [-0.2, -0.15) is 5.26 Å². The van der Waals surface area contributed by atoms with Gasteiger partial charge in [-0.3, -0.25) is 0 Å². The van der Waals surface area contributed by atoms with E-state index in [0.717, 1.165) is 32.4 Å². The Morgan fingerprint density at radius 1 is 1.33 bits per heavy atom. The van der Waals surface area contributed by atoms with Crippen LogP contribution in [0.3, 0.4) is 0 Å². The smallest absolute Gasteiger partial charge is 0.0683 e. The summed E-state index contributed by atoms with van der Waals surface area (Å²) in [5, 5.41) is 11.1. The van der Waals surface area contributed by atoms with Crippen molar-refractivity contribution in [2.24, 2.45) is 5.41 Å². The van der Waals surface area contributed by atoms with Crippen LogP contribution in [0, 0.1) is 16.7 Å². The van der Waals surface area contributed by atoms with Crippen LogP contribution in [0.25, 0.3) is 0 Å². The number of nitriles is 1. The molecule has 0 aromatic carbocycles. The minimum absolute atomic E-state index is 0.157. The summed E-state index contributed by atoms with van der Waals surface area (Å²) in [5.41, 5.74) is -0.157. The summed E-state index contributed by atoms with van der Waals surface area (Å²) >= 11 is 1.84. The molecular weight excluding hydrogens is 240 g/mol. The maximum Gasteiger partial charge on any atom is 0.0683 e. The number of unbranched alkanes of at least 4 members (excludes halogenated alkanes) is 1. The van der Waals surface area contributed by atoms with Gasteiger partial charge in [-0.1, -0.05) is 12.5 Å². The van der Waals surface area contributed by atoms with Gasteiger partial charge in [0.1, 0.15) is 0 Å². The Hall–Kier alpha value is -0.850. The third-order valence-electron chi connectivity index (χ3n) is 3.21. The molecule has 1 aromatic rings. The fourth-order valence-corrected chi connectivity index (χ4v) is 2.57. The fraction of sp³-hybridized carbons (Fsp3) is 0.667. The molecule has 0 N–H and O–H groups in total. The van der Waals surface area contributed by atoms with Gasteiger partial charge in [0.2, 0.25) is 0 Å². The number of hydrogen-bond donors (Lipinski definition) is 0. The number of nitrogens with zero attached hydrogens (tertiary/aromatic N) is 2. The van der Waals surface area contributed by atoms with Crippen LogP contribution in [0.2, 0.25) is 0 Å². The lowest BCUT2D eigenvalue weighted by atomic mass is 9.89. The van der Waals surface area contributed by atoms with Crippen LogP contribution in [-0.4, -0.2) is 25.0 Å². The lowest BCUT2D eigenvalue weighted by molar-refractivity contribution is 0.318. The Balaban J connectivity index is 2.07. The molecule has 18 heavy (non-hydrogen) atoms. The molecule has 0 unspecified atom stereocenters. The summed E-state index contributed by atoms with van der Waals surface area (Å²) in [5.74, 6) is 0. The first kappa shape index (κ1) is 15.2. The van der Waals surface area contributed by atoms with Gasteiger partial charge >= 0.3 is 0 Å². The highest BCUT2D eigenvalue weighted by atomic mass is 32.1. The van der Waals surface area contributed by atoms with E-state index in [4.69, 9.17) is 5.26 Å². The Morgan fingerprint density at radius 3 is 2.72 bits per heavy atom. The van der Waals surface area contributed by atoms with Crippen molar-refractivity contribution in [2.45, 2.75) is 39.5 Å². The van der Waals surface area contributed by atoms with Gasteiger partial charge in [0, 0.05) is 11.4 Å². The largest absolute Gasteiger partial charge is 0.306 e. The Labute approximate surface area is 115 Å². The minimum Gasteiger partial charge on any atom is -0.306 e. The summed E-state index contributed by atoms with van der Waals surface area (Å²) in [4.78, 5) is 3.85. The van der Waals surface area contributed by atoms with Crippen molar-refractivity contribution in [1.29, 1.82) is 5.26 Å². The first-order valence-corrected chi connectivity index (χ1v) is 7.54. The predicted octanol–water partition coefficient (Wildman–Crippen LogP) is 3.94. The normalized spacial score (nSPS) is 11.7. The van der Waals surface area contributed by atoms with Crippen molar-refractivity contribution >= 4 is 11.3 Å². The second-order valence-electron chi connectivity index (χ2n) is 5.59. The zero-order valence-electron chi connectivity index (χ0n) is 11.8. The predicted molar refractivity (Wildman–Crippen MR) is 78.8 cm³/mol. The Morgan fingerprint density at radius 2 is 2.11 bits per heavy atom. The zero-order chi connectivity index (χ0) is 13.4. The van der Waals surface area contributed by atoms with E-state index < -0.39 is 0 Å². The molecule has 100 valence electrons. The molecule has 3 heteroatoms. The van der Waals surface area contributed by atoms with Gasteiger partial charge in [-0.05, 0) is 58.1 Å². The maximum absolute atomic E-state index is 8.93. The molecule has 1 aromatic heterocycles. The summed E-state index contributed by atoms with van der Waals surface area (Å²) in [6, 6.07) is 6.68. The van der Waals surface area contributed by atoms with E-state index in [1.54, 1.807) is 0 Å². The number of hydrogen-bond acceptors (Lipinski definition) is 3. The molecule has 0 fully saturated rings. The van der Waals surface area contributed by atoms with Gasteiger partial charge in [0.15, 0.2) is 0 Å². The van der Waals surface area contributed by atoms with Crippen molar-refractivity contribution in [3.8, 4) is 6.07 Å². The van der Waals surface area contributed by atoms with Crippen molar-refractivity contribution in [1.82, 2.24) is 4.90 Å². The molecule has 2 nitrogen and oxygen atoms in total. The highest BCUT2D eigenvalue weighted by Gasteiger charge is 2.15. The molecular formula is C15H24N2S. The van der Waals surface area contributed by atoms with E-state index in [9.17, 15) is 0 Å². The Kier molecular flexibility index (Phi) is 6.38. The van der Waals surface area contributed by atoms with Crippen LogP contribution in [0.5, 0.6) is 0 Å². The highest BCUT2D eigenvalue weighted by Crippen LogP contribution is 2.21. The molecule has 0 aliphatic carbocycles. The Bertz CT molecular complexity index is 362. The van der Waals surface area contributed by atoms with Crippen LogP contribution < -0.4 is 0 Å². The third kappa shape index (κ3) is 6.18. The molecule has 0 radical (unpaired) electrons. The lowest BCUT2D eigenvalue weighted by Gasteiger charge is -2.18. The van der Waals surface area contributed by atoms with Crippen molar-refractivity contribution < 1.29 is 0 Å². The molecule has 0 amide bonds. The van der Waals surface area contributed by atoms with E-state index in [2.05, 4.69) is 35.5 Å². The number of rotatable bonds is 8. The second kappa shape index (κ2) is 7.56. The molecule has 0 saturated carbocycles. The van der Waals surface area contributed by atoms with E-state index >= 15 is 0 Å². The molecule has 0 bridgehead atoms.